The first-order valence-corrected chi connectivity index (χ1v) is 5.98. The standard InChI is InChI=1S/C11H19N3O2/c1-2-10-13-14-11(16-10)8-15-6-4-9-3-5-12-7-9/h9,12H,2-8H2,1H3. The summed E-state index contributed by atoms with van der Waals surface area (Å²) in [4.78, 5) is 0. The van der Waals surface area contributed by atoms with Gasteiger partial charge in [-0.15, -0.1) is 10.2 Å². The van der Waals surface area contributed by atoms with Gasteiger partial charge in [-0.3, -0.25) is 0 Å². The van der Waals surface area contributed by atoms with E-state index in [0.717, 1.165) is 38.5 Å². The molecule has 1 unspecified atom stereocenters. The summed E-state index contributed by atoms with van der Waals surface area (Å²) in [6.45, 7) is 5.48. The maximum absolute atomic E-state index is 5.52. The zero-order valence-electron chi connectivity index (χ0n) is 9.74. The van der Waals surface area contributed by atoms with E-state index in [2.05, 4.69) is 15.5 Å². The summed E-state index contributed by atoms with van der Waals surface area (Å²) in [5.41, 5.74) is 0. The summed E-state index contributed by atoms with van der Waals surface area (Å²) in [5.74, 6) is 2.04. The van der Waals surface area contributed by atoms with E-state index in [1.165, 1.54) is 6.42 Å². The van der Waals surface area contributed by atoms with E-state index in [1.54, 1.807) is 0 Å². The minimum absolute atomic E-state index is 0.438. The van der Waals surface area contributed by atoms with Crippen LogP contribution in [0.3, 0.4) is 0 Å². The molecule has 0 aliphatic carbocycles. The van der Waals surface area contributed by atoms with Gasteiger partial charge in [-0.25, -0.2) is 0 Å². The van der Waals surface area contributed by atoms with Gasteiger partial charge in [0.2, 0.25) is 11.8 Å². The number of hydrogen-bond acceptors (Lipinski definition) is 5. The molecule has 90 valence electrons. The molecular formula is C11H19N3O2. The van der Waals surface area contributed by atoms with Crippen molar-refractivity contribution in [2.75, 3.05) is 19.7 Å². The van der Waals surface area contributed by atoms with Crippen molar-refractivity contribution in [2.45, 2.75) is 32.8 Å². The van der Waals surface area contributed by atoms with E-state index in [1.807, 2.05) is 6.92 Å². The van der Waals surface area contributed by atoms with Gasteiger partial charge in [0.15, 0.2) is 0 Å². The van der Waals surface area contributed by atoms with Gasteiger partial charge in [0.1, 0.15) is 6.61 Å². The van der Waals surface area contributed by atoms with Crippen molar-refractivity contribution >= 4 is 0 Å². The van der Waals surface area contributed by atoms with Crippen LogP contribution < -0.4 is 5.32 Å². The number of aromatic nitrogens is 2. The molecular weight excluding hydrogens is 206 g/mol. The lowest BCUT2D eigenvalue weighted by atomic mass is 10.1. The highest BCUT2D eigenvalue weighted by molar-refractivity contribution is 4.78. The summed E-state index contributed by atoms with van der Waals surface area (Å²) in [7, 11) is 0. The molecule has 16 heavy (non-hydrogen) atoms. The molecule has 0 saturated carbocycles. The first kappa shape index (κ1) is 11.5. The van der Waals surface area contributed by atoms with Crippen LogP contribution in [0.25, 0.3) is 0 Å². The monoisotopic (exact) mass is 225 g/mol. The minimum Gasteiger partial charge on any atom is -0.423 e. The molecule has 0 aromatic carbocycles. The van der Waals surface area contributed by atoms with Crippen LogP contribution >= 0.6 is 0 Å². The van der Waals surface area contributed by atoms with Gasteiger partial charge in [-0.05, 0) is 31.8 Å². The van der Waals surface area contributed by atoms with Crippen LogP contribution in [0.5, 0.6) is 0 Å². The molecule has 2 rings (SSSR count). The number of aryl methyl sites for hydroxylation is 1. The van der Waals surface area contributed by atoms with Crippen molar-refractivity contribution in [3.63, 3.8) is 0 Å². The Morgan fingerprint density at radius 3 is 3.00 bits per heavy atom. The largest absolute Gasteiger partial charge is 0.423 e. The van der Waals surface area contributed by atoms with E-state index in [-0.39, 0.29) is 0 Å². The van der Waals surface area contributed by atoms with E-state index >= 15 is 0 Å². The van der Waals surface area contributed by atoms with Gasteiger partial charge in [0.05, 0.1) is 0 Å². The van der Waals surface area contributed by atoms with Crippen LogP contribution in [0.15, 0.2) is 4.42 Å². The molecule has 5 heteroatoms. The number of rotatable bonds is 6. The van der Waals surface area contributed by atoms with Crippen molar-refractivity contribution < 1.29 is 9.15 Å². The van der Waals surface area contributed by atoms with Crippen molar-refractivity contribution in [2.24, 2.45) is 5.92 Å². The van der Waals surface area contributed by atoms with Crippen molar-refractivity contribution in [3.05, 3.63) is 11.8 Å². The Hall–Kier alpha value is -0.940. The van der Waals surface area contributed by atoms with Crippen molar-refractivity contribution in [1.29, 1.82) is 0 Å². The molecule has 0 spiro atoms. The van der Waals surface area contributed by atoms with Crippen LogP contribution in [-0.4, -0.2) is 29.9 Å². The molecule has 5 nitrogen and oxygen atoms in total. The Kier molecular flexibility index (Phi) is 4.30. The Morgan fingerprint density at radius 1 is 1.44 bits per heavy atom. The number of hydrogen-bond donors (Lipinski definition) is 1. The molecule has 1 saturated heterocycles. The highest BCUT2D eigenvalue weighted by Gasteiger charge is 2.13. The smallest absolute Gasteiger partial charge is 0.242 e. The van der Waals surface area contributed by atoms with E-state index in [4.69, 9.17) is 9.15 Å². The minimum atomic E-state index is 0.438. The molecule has 1 aromatic rings. The Balaban J connectivity index is 1.60. The van der Waals surface area contributed by atoms with Crippen LogP contribution in [0.4, 0.5) is 0 Å². The van der Waals surface area contributed by atoms with Crippen LogP contribution in [0.2, 0.25) is 0 Å². The second-order valence-corrected chi connectivity index (χ2v) is 4.14. The molecule has 1 aromatic heterocycles. The SMILES string of the molecule is CCc1nnc(COCCC2CCNC2)o1. The van der Waals surface area contributed by atoms with Gasteiger partial charge < -0.3 is 14.5 Å². The lowest BCUT2D eigenvalue weighted by Crippen LogP contribution is -2.10. The summed E-state index contributed by atoms with van der Waals surface area (Å²) in [5, 5.41) is 11.1. The summed E-state index contributed by atoms with van der Waals surface area (Å²) < 4.78 is 10.9. The fourth-order valence-corrected chi connectivity index (χ4v) is 1.86. The summed E-state index contributed by atoms with van der Waals surface area (Å²) in [6, 6.07) is 0. The van der Waals surface area contributed by atoms with Crippen molar-refractivity contribution in [3.8, 4) is 0 Å². The molecule has 0 radical (unpaired) electrons. The zero-order chi connectivity index (χ0) is 11.2. The first-order valence-electron chi connectivity index (χ1n) is 5.98. The Bertz CT molecular complexity index is 308. The van der Waals surface area contributed by atoms with Gasteiger partial charge in [0.25, 0.3) is 0 Å². The fourth-order valence-electron chi connectivity index (χ4n) is 1.86. The van der Waals surface area contributed by atoms with Gasteiger partial charge in [0, 0.05) is 13.0 Å². The quantitative estimate of drug-likeness (QED) is 0.736. The third-order valence-corrected chi connectivity index (χ3v) is 2.87. The molecule has 1 fully saturated rings. The first-order chi connectivity index (χ1) is 7.88. The van der Waals surface area contributed by atoms with E-state index in [9.17, 15) is 0 Å². The molecule has 1 N–H and O–H groups in total. The predicted octanol–water partition coefficient (Wildman–Crippen LogP) is 1.15. The molecule has 1 aliphatic rings. The highest BCUT2D eigenvalue weighted by atomic mass is 16.5. The average Bonchev–Trinajstić information content (AvgIpc) is 2.95. The number of ether oxygens (including phenoxy) is 1. The third-order valence-electron chi connectivity index (χ3n) is 2.87. The maximum Gasteiger partial charge on any atom is 0.242 e. The zero-order valence-corrected chi connectivity index (χ0v) is 9.74. The fraction of sp³-hybridized carbons (Fsp3) is 0.818. The van der Waals surface area contributed by atoms with Crippen molar-refractivity contribution in [1.82, 2.24) is 15.5 Å². The lowest BCUT2D eigenvalue weighted by molar-refractivity contribution is 0.0915. The average molecular weight is 225 g/mol. The Labute approximate surface area is 95.6 Å². The van der Waals surface area contributed by atoms with E-state index in [0.29, 0.717) is 18.4 Å². The van der Waals surface area contributed by atoms with E-state index < -0.39 is 0 Å². The molecule has 1 aliphatic heterocycles. The number of nitrogens with one attached hydrogen (secondary N) is 1. The maximum atomic E-state index is 5.52. The van der Waals surface area contributed by atoms with Gasteiger partial charge >= 0.3 is 0 Å². The summed E-state index contributed by atoms with van der Waals surface area (Å²) in [6.07, 6.45) is 3.16. The van der Waals surface area contributed by atoms with Gasteiger partial charge in [-0.2, -0.15) is 0 Å². The molecule has 1 atom stereocenters. The normalized spacial score (nSPS) is 20.4. The summed E-state index contributed by atoms with van der Waals surface area (Å²) >= 11 is 0. The third kappa shape index (κ3) is 3.28. The molecule has 2 heterocycles. The molecule has 0 amide bonds. The second-order valence-electron chi connectivity index (χ2n) is 4.14. The number of nitrogens with zero attached hydrogens (tertiary/aromatic N) is 2. The van der Waals surface area contributed by atoms with Crippen LogP contribution in [0, 0.1) is 5.92 Å². The Morgan fingerprint density at radius 2 is 2.31 bits per heavy atom. The lowest BCUT2D eigenvalue weighted by Gasteiger charge is -2.06. The highest BCUT2D eigenvalue weighted by Crippen LogP contribution is 2.12. The topological polar surface area (TPSA) is 60.2 Å². The molecule has 0 bridgehead atoms. The van der Waals surface area contributed by atoms with Crippen LogP contribution in [-0.2, 0) is 17.8 Å². The second kappa shape index (κ2) is 5.96. The predicted molar refractivity (Wildman–Crippen MR) is 58.9 cm³/mol. The van der Waals surface area contributed by atoms with Crippen LogP contribution in [0.1, 0.15) is 31.5 Å². The van der Waals surface area contributed by atoms with Gasteiger partial charge in [-0.1, -0.05) is 6.92 Å².